The molecule has 0 saturated heterocycles. The van der Waals surface area contributed by atoms with Gasteiger partial charge in [0.25, 0.3) is 0 Å². The lowest BCUT2D eigenvalue weighted by Gasteiger charge is -2.11. The van der Waals surface area contributed by atoms with Crippen molar-refractivity contribution in [2.75, 3.05) is 10.6 Å². The third-order valence-electron chi connectivity index (χ3n) is 8.36. The van der Waals surface area contributed by atoms with E-state index < -0.39 is 6.10 Å². The van der Waals surface area contributed by atoms with Crippen LogP contribution in [-0.4, -0.2) is 52.5 Å². The molecule has 55 heavy (non-hydrogen) atoms. The first-order chi connectivity index (χ1) is 26.3. The Kier molecular flexibility index (Phi) is 13.1. The molecule has 4 aromatic heterocycles. The number of ketones is 2. The first kappa shape index (κ1) is 39.8. The van der Waals surface area contributed by atoms with Crippen molar-refractivity contribution in [1.82, 2.24) is 29.5 Å². The number of hydrogen-bond acceptors (Lipinski definition) is 10. The highest BCUT2D eigenvalue weighted by Gasteiger charge is 2.14. The molecule has 0 bridgehead atoms. The number of halogens is 2. The maximum atomic E-state index is 13.1. The lowest BCUT2D eigenvalue weighted by atomic mass is 10.1. The Morgan fingerprint density at radius 2 is 1.16 bits per heavy atom. The number of anilines is 4. The second kappa shape index (κ2) is 18.1. The van der Waals surface area contributed by atoms with Gasteiger partial charge in [-0.3, -0.25) is 4.79 Å². The molecule has 0 saturated carbocycles. The Labute approximate surface area is 317 Å². The van der Waals surface area contributed by atoms with Gasteiger partial charge in [-0.05, 0) is 143 Å². The molecule has 0 aliphatic rings. The quantitative estimate of drug-likeness (QED) is 0.0939. The number of Topliss-reactive ketones (excluding diaryl/α,β-unsaturated/α-hetero) is 2. The van der Waals surface area contributed by atoms with Gasteiger partial charge >= 0.3 is 0 Å². The largest absolute Gasteiger partial charge is 0.387 e. The summed E-state index contributed by atoms with van der Waals surface area (Å²) in [6.07, 6.45) is 5.52. The fraction of sp³-hybridized carbons (Fsp3) is 0.244. The zero-order chi connectivity index (χ0) is 39.6. The molecule has 1 atom stereocenters. The summed E-state index contributed by atoms with van der Waals surface area (Å²) >= 11 is 0. The highest BCUT2D eigenvalue weighted by molar-refractivity contribution is 5.76. The van der Waals surface area contributed by atoms with E-state index in [4.69, 9.17) is 0 Å². The van der Waals surface area contributed by atoms with Crippen molar-refractivity contribution >= 4 is 40.9 Å². The minimum atomic E-state index is -0.682. The van der Waals surface area contributed by atoms with Crippen molar-refractivity contribution in [3.8, 4) is 11.6 Å². The molecule has 0 spiro atoms. The molecule has 4 heterocycles. The SMILES string of the molecule is CC(=O)CCc1cc(Nc2ccc(F)cc2)nc(-n2cc(C)c(C(C)O)n2)c1.CC(=O)CCc1cc(Nc2ccc(F)cc2)nc(-n2cc(C)c(C=O)n2)c1. The molecule has 0 fully saturated rings. The number of pyridine rings is 2. The van der Waals surface area contributed by atoms with Crippen LogP contribution < -0.4 is 10.6 Å². The summed E-state index contributed by atoms with van der Waals surface area (Å²) in [6, 6.07) is 19.3. The third kappa shape index (κ3) is 11.3. The molecule has 14 heteroatoms. The summed E-state index contributed by atoms with van der Waals surface area (Å²) in [5.74, 6) is 1.77. The van der Waals surface area contributed by atoms with E-state index in [1.165, 1.54) is 28.9 Å². The van der Waals surface area contributed by atoms with Crippen LogP contribution >= 0.6 is 0 Å². The number of rotatable bonds is 14. The van der Waals surface area contributed by atoms with Gasteiger partial charge in [0.1, 0.15) is 40.5 Å². The monoisotopic (exact) mass is 748 g/mol. The molecule has 2 aromatic carbocycles. The number of hydrogen-bond donors (Lipinski definition) is 3. The molecule has 6 rings (SSSR count). The molecule has 0 radical (unpaired) electrons. The second-order valence-corrected chi connectivity index (χ2v) is 13.2. The Morgan fingerprint density at radius 3 is 1.55 bits per heavy atom. The Balaban J connectivity index is 0.000000211. The number of aromatic nitrogens is 6. The summed E-state index contributed by atoms with van der Waals surface area (Å²) in [7, 11) is 0. The molecule has 1 unspecified atom stereocenters. The van der Waals surface area contributed by atoms with Crippen molar-refractivity contribution in [2.45, 2.75) is 66.4 Å². The Morgan fingerprint density at radius 1 is 0.727 bits per heavy atom. The highest BCUT2D eigenvalue weighted by Crippen LogP contribution is 2.23. The first-order valence-corrected chi connectivity index (χ1v) is 17.6. The van der Waals surface area contributed by atoms with Crippen LogP contribution in [0.15, 0.2) is 85.2 Å². The lowest BCUT2D eigenvalue weighted by Crippen LogP contribution is -2.05. The van der Waals surface area contributed by atoms with Gasteiger partial charge < -0.3 is 25.3 Å². The van der Waals surface area contributed by atoms with E-state index in [-0.39, 0.29) is 23.2 Å². The minimum Gasteiger partial charge on any atom is -0.387 e. The highest BCUT2D eigenvalue weighted by atomic mass is 19.1. The van der Waals surface area contributed by atoms with E-state index in [0.29, 0.717) is 78.0 Å². The minimum absolute atomic E-state index is 0.0968. The average molecular weight is 749 g/mol. The van der Waals surface area contributed by atoms with Gasteiger partial charge in [-0.2, -0.15) is 10.2 Å². The zero-order valence-electron chi connectivity index (χ0n) is 31.2. The smallest absolute Gasteiger partial charge is 0.170 e. The van der Waals surface area contributed by atoms with Gasteiger partial charge in [0.2, 0.25) is 0 Å². The van der Waals surface area contributed by atoms with Crippen LogP contribution in [0.3, 0.4) is 0 Å². The van der Waals surface area contributed by atoms with Crippen LogP contribution in [-0.2, 0) is 22.4 Å². The molecule has 6 aromatic rings. The molecule has 12 nitrogen and oxygen atoms in total. The van der Waals surface area contributed by atoms with Crippen molar-refractivity contribution in [3.63, 3.8) is 0 Å². The van der Waals surface area contributed by atoms with Crippen LogP contribution in [0.25, 0.3) is 11.6 Å². The Bertz CT molecular complexity index is 2280. The molecular weight excluding hydrogens is 706 g/mol. The van der Waals surface area contributed by atoms with Gasteiger partial charge in [-0.1, -0.05) is 0 Å². The van der Waals surface area contributed by atoms with Crippen LogP contribution in [0.5, 0.6) is 0 Å². The molecule has 0 aliphatic carbocycles. The average Bonchev–Trinajstić information content (AvgIpc) is 3.74. The first-order valence-electron chi connectivity index (χ1n) is 17.6. The van der Waals surface area contributed by atoms with Crippen molar-refractivity contribution in [2.24, 2.45) is 0 Å². The van der Waals surface area contributed by atoms with Crippen molar-refractivity contribution in [3.05, 3.63) is 130 Å². The van der Waals surface area contributed by atoms with Crippen molar-refractivity contribution in [1.29, 1.82) is 0 Å². The molecule has 0 amide bonds. The van der Waals surface area contributed by atoms with E-state index >= 15 is 0 Å². The number of aryl methyl sites for hydroxylation is 4. The van der Waals surface area contributed by atoms with Gasteiger partial charge in [0, 0.05) is 36.6 Å². The number of nitrogens with zero attached hydrogens (tertiary/aromatic N) is 6. The van der Waals surface area contributed by atoms with Gasteiger partial charge in [0.15, 0.2) is 17.9 Å². The van der Waals surface area contributed by atoms with Crippen LogP contribution in [0.1, 0.15) is 78.2 Å². The summed E-state index contributed by atoms with van der Waals surface area (Å²) in [5, 5.41) is 24.8. The number of nitrogens with one attached hydrogen (secondary N) is 2. The predicted molar refractivity (Wildman–Crippen MR) is 206 cm³/mol. The van der Waals surface area contributed by atoms with Crippen LogP contribution in [0, 0.1) is 25.5 Å². The number of aliphatic hydroxyl groups excluding tert-OH is 1. The fourth-order valence-corrected chi connectivity index (χ4v) is 5.51. The van der Waals surface area contributed by atoms with Gasteiger partial charge in [-0.15, -0.1) is 0 Å². The number of aliphatic hydroxyl groups is 1. The number of aldehydes is 1. The van der Waals surface area contributed by atoms with E-state index in [2.05, 4.69) is 30.8 Å². The third-order valence-corrected chi connectivity index (χ3v) is 8.36. The van der Waals surface area contributed by atoms with Gasteiger partial charge in [-0.25, -0.2) is 28.1 Å². The number of benzene rings is 2. The van der Waals surface area contributed by atoms with E-state index in [0.717, 1.165) is 22.3 Å². The molecule has 0 aliphatic heterocycles. The molecule has 3 N–H and O–H groups in total. The van der Waals surface area contributed by atoms with Crippen molar-refractivity contribution < 1.29 is 28.3 Å². The zero-order valence-corrected chi connectivity index (χ0v) is 31.2. The lowest BCUT2D eigenvalue weighted by molar-refractivity contribution is -0.117. The predicted octanol–water partition coefficient (Wildman–Crippen LogP) is 7.83. The second-order valence-electron chi connectivity index (χ2n) is 13.2. The number of carbonyl (C=O) groups excluding carboxylic acids is 3. The summed E-state index contributed by atoms with van der Waals surface area (Å²) in [5.41, 5.74) is 5.75. The van der Waals surface area contributed by atoms with Crippen LogP contribution in [0.2, 0.25) is 0 Å². The summed E-state index contributed by atoms with van der Waals surface area (Å²) < 4.78 is 29.4. The normalized spacial score (nSPS) is 11.3. The van der Waals surface area contributed by atoms with E-state index in [1.807, 2.05) is 31.2 Å². The number of carbonyl (C=O) groups is 3. The fourth-order valence-electron chi connectivity index (χ4n) is 5.51. The molecular formula is C41H42F2N8O4. The maximum absolute atomic E-state index is 13.1. The topological polar surface area (TPSA) is 157 Å². The van der Waals surface area contributed by atoms with Gasteiger partial charge in [0.05, 0.1) is 11.8 Å². The standard InChI is InChI=1S/C21H23FN4O2.C20H19FN4O2/c1-13-12-26(25-21(13)15(3)28)20-11-16(5-4-14(2)27)10-19(24-20)23-18-8-6-17(22)7-9-18;1-13-11-25(24-18(13)12-26)20-10-15(4-3-14(2)27)9-19(23-20)22-17-7-5-16(21)6-8-17/h6-12,15,28H,4-5H2,1-3H3,(H,23,24);5-12H,3-4H2,1-2H3,(H,22,23). The van der Waals surface area contributed by atoms with E-state index in [9.17, 15) is 28.3 Å². The summed E-state index contributed by atoms with van der Waals surface area (Å²) in [4.78, 5) is 42.9. The van der Waals surface area contributed by atoms with E-state index in [1.54, 1.807) is 69.0 Å². The molecule has 284 valence electrons. The Hall–Kier alpha value is -6.41. The summed E-state index contributed by atoms with van der Waals surface area (Å²) in [6.45, 7) is 8.45. The van der Waals surface area contributed by atoms with Crippen LogP contribution in [0.4, 0.5) is 31.8 Å². The maximum Gasteiger partial charge on any atom is 0.170 e.